The highest BCUT2D eigenvalue weighted by Crippen LogP contribution is 2.19. The zero-order chi connectivity index (χ0) is 10.3. The van der Waals surface area contributed by atoms with Crippen molar-refractivity contribution in [2.75, 3.05) is 6.54 Å². The van der Waals surface area contributed by atoms with Gasteiger partial charge in [0.1, 0.15) is 11.8 Å². The summed E-state index contributed by atoms with van der Waals surface area (Å²) in [6, 6.07) is 1.92. The van der Waals surface area contributed by atoms with Crippen LogP contribution in [0, 0.1) is 0 Å². The van der Waals surface area contributed by atoms with E-state index >= 15 is 0 Å². The van der Waals surface area contributed by atoms with Crippen LogP contribution in [0.3, 0.4) is 0 Å². The lowest BCUT2D eigenvalue weighted by Crippen LogP contribution is -2.04. The number of rotatable bonds is 2. The zero-order valence-corrected chi connectivity index (χ0v) is 8.05. The Morgan fingerprint density at radius 3 is 3.27 bits per heavy atom. The van der Waals surface area contributed by atoms with Crippen molar-refractivity contribution in [3.05, 3.63) is 30.4 Å². The molecule has 76 valence electrons. The molecule has 0 fully saturated rings. The van der Waals surface area contributed by atoms with Gasteiger partial charge in [-0.25, -0.2) is 0 Å². The minimum absolute atomic E-state index is 0.574. The van der Waals surface area contributed by atoms with E-state index in [0.717, 1.165) is 23.1 Å². The molecule has 0 amide bonds. The van der Waals surface area contributed by atoms with Crippen LogP contribution >= 0.6 is 0 Å². The van der Waals surface area contributed by atoms with Gasteiger partial charge in [0, 0.05) is 18.8 Å². The van der Waals surface area contributed by atoms with E-state index in [9.17, 15) is 0 Å². The third-order valence-electron chi connectivity index (χ3n) is 2.42. The summed E-state index contributed by atoms with van der Waals surface area (Å²) < 4.78 is 7.13. The van der Waals surface area contributed by atoms with Gasteiger partial charge in [-0.05, 0) is 12.6 Å². The minimum Gasteiger partial charge on any atom is -0.432 e. The number of pyridine rings is 1. The normalized spacial score (nSPS) is 11.5. The second-order valence-electron chi connectivity index (χ2n) is 3.33. The average Bonchev–Trinajstić information content (AvgIpc) is 2.79. The van der Waals surface area contributed by atoms with Crippen LogP contribution in [0.4, 0.5) is 0 Å². The number of imidazole rings is 1. The molecule has 0 saturated carbocycles. The highest BCUT2D eigenvalue weighted by molar-refractivity contribution is 5.80. The number of fused-ring (bicyclic) bond motifs is 3. The summed E-state index contributed by atoms with van der Waals surface area (Å²) in [5, 5.41) is 0. The Morgan fingerprint density at radius 1 is 1.47 bits per heavy atom. The van der Waals surface area contributed by atoms with Crippen molar-refractivity contribution in [3.63, 3.8) is 0 Å². The van der Waals surface area contributed by atoms with Gasteiger partial charge < -0.3 is 10.2 Å². The fourth-order valence-electron chi connectivity index (χ4n) is 1.75. The molecule has 15 heavy (non-hydrogen) atoms. The maximum absolute atomic E-state index is 5.52. The highest BCUT2D eigenvalue weighted by atomic mass is 16.3. The van der Waals surface area contributed by atoms with E-state index < -0.39 is 0 Å². The lowest BCUT2D eigenvalue weighted by Gasteiger charge is -1.97. The van der Waals surface area contributed by atoms with Crippen LogP contribution in [-0.4, -0.2) is 20.9 Å². The Morgan fingerprint density at radius 2 is 2.40 bits per heavy atom. The smallest absolute Gasteiger partial charge is 0.306 e. The molecule has 0 aliphatic heterocycles. The molecule has 2 N–H and O–H groups in total. The van der Waals surface area contributed by atoms with Crippen molar-refractivity contribution in [2.24, 2.45) is 5.73 Å². The zero-order valence-electron chi connectivity index (χ0n) is 8.05. The van der Waals surface area contributed by atoms with E-state index in [-0.39, 0.29) is 0 Å². The van der Waals surface area contributed by atoms with Crippen LogP contribution < -0.4 is 5.73 Å². The largest absolute Gasteiger partial charge is 0.432 e. The summed E-state index contributed by atoms with van der Waals surface area (Å²) in [5.74, 6) is 0.594. The SMILES string of the molecule is NCCc1nccc2c1nc1occn12. The lowest BCUT2D eigenvalue weighted by molar-refractivity contribution is 0.597. The van der Waals surface area contributed by atoms with Crippen molar-refractivity contribution in [2.45, 2.75) is 6.42 Å². The van der Waals surface area contributed by atoms with Crippen molar-refractivity contribution >= 4 is 16.9 Å². The van der Waals surface area contributed by atoms with Crippen LogP contribution in [0.2, 0.25) is 0 Å². The van der Waals surface area contributed by atoms with Crippen LogP contribution in [0.15, 0.2) is 29.1 Å². The molecular weight excluding hydrogens is 192 g/mol. The van der Waals surface area contributed by atoms with Crippen molar-refractivity contribution in [1.82, 2.24) is 14.4 Å². The van der Waals surface area contributed by atoms with Gasteiger partial charge in [-0.15, -0.1) is 0 Å². The topological polar surface area (TPSA) is 69.3 Å². The summed E-state index contributed by atoms with van der Waals surface area (Å²) in [6.45, 7) is 0.574. The second kappa shape index (κ2) is 3.06. The van der Waals surface area contributed by atoms with E-state index in [1.165, 1.54) is 0 Å². The maximum Gasteiger partial charge on any atom is 0.306 e. The first-order valence-electron chi connectivity index (χ1n) is 4.79. The number of nitrogens with two attached hydrogens (primary N) is 1. The van der Waals surface area contributed by atoms with Gasteiger partial charge in [0.25, 0.3) is 0 Å². The molecule has 0 aliphatic carbocycles. The quantitative estimate of drug-likeness (QED) is 0.672. The number of aromatic nitrogens is 3. The molecule has 0 spiro atoms. The molecule has 5 nitrogen and oxygen atoms in total. The van der Waals surface area contributed by atoms with Crippen LogP contribution in [0.1, 0.15) is 5.69 Å². The van der Waals surface area contributed by atoms with Crippen molar-refractivity contribution in [3.8, 4) is 0 Å². The van der Waals surface area contributed by atoms with Gasteiger partial charge in [-0.3, -0.25) is 9.38 Å². The maximum atomic E-state index is 5.52. The molecule has 0 unspecified atom stereocenters. The van der Waals surface area contributed by atoms with E-state index in [0.29, 0.717) is 12.4 Å². The fraction of sp³-hybridized carbons (Fsp3) is 0.200. The van der Waals surface area contributed by atoms with Gasteiger partial charge in [-0.1, -0.05) is 0 Å². The molecule has 3 heterocycles. The van der Waals surface area contributed by atoms with Gasteiger partial charge in [-0.2, -0.15) is 4.98 Å². The first-order chi connectivity index (χ1) is 7.40. The number of hydrogen-bond acceptors (Lipinski definition) is 4. The molecule has 0 aromatic carbocycles. The lowest BCUT2D eigenvalue weighted by atomic mass is 10.2. The molecular formula is C10H10N4O. The predicted molar refractivity (Wildman–Crippen MR) is 55.5 cm³/mol. The minimum atomic E-state index is 0.574. The average molecular weight is 202 g/mol. The molecule has 3 rings (SSSR count). The Labute approximate surface area is 85.5 Å². The molecule has 3 aromatic heterocycles. The van der Waals surface area contributed by atoms with Crippen LogP contribution in [0.25, 0.3) is 16.9 Å². The Bertz CT molecular complexity index is 610. The molecule has 3 aromatic rings. The number of hydrogen-bond donors (Lipinski definition) is 1. The molecule has 0 bridgehead atoms. The van der Waals surface area contributed by atoms with E-state index in [4.69, 9.17) is 10.2 Å². The van der Waals surface area contributed by atoms with E-state index in [2.05, 4.69) is 9.97 Å². The molecule has 0 atom stereocenters. The first kappa shape index (κ1) is 8.43. The number of nitrogens with zero attached hydrogens (tertiary/aromatic N) is 3. The molecule has 0 saturated heterocycles. The Kier molecular flexibility index (Phi) is 1.72. The fourth-order valence-corrected chi connectivity index (χ4v) is 1.75. The Balaban J connectivity index is 2.38. The third-order valence-corrected chi connectivity index (χ3v) is 2.42. The Hall–Kier alpha value is -1.88. The molecule has 0 aliphatic rings. The van der Waals surface area contributed by atoms with Crippen LogP contribution in [0.5, 0.6) is 0 Å². The highest BCUT2D eigenvalue weighted by Gasteiger charge is 2.10. The summed E-state index contributed by atoms with van der Waals surface area (Å²) in [7, 11) is 0. The monoisotopic (exact) mass is 202 g/mol. The summed E-state index contributed by atoms with van der Waals surface area (Å²) in [4.78, 5) is 8.65. The summed E-state index contributed by atoms with van der Waals surface area (Å²) in [6.07, 6.45) is 5.97. The number of oxazole rings is 1. The molecule has 5 heteroatoms. The van der Waals surface area contributed by atoms with Gasteiger partial charge >= 0.3 is 5.84 Å². The van der Waals surface area contributed by atoms with Gasteiger partial charge in [0.2, 0.25) is 0 Å². The van der Waals surface area contributed by atoms with Crippen molar-refractivity contribution in [1.29, 1.82) is 0 Å². The van der Waals surface area contributed by atoms with E-state index in [1.807, 2.05) is 16.7 Å². The summed E-state index contributed by atoms with van der Waals surface area (Å²) >= 11 is 0. The predicted octanol–water partition coefficient (Wildman–Crippen LogP) is 0.977. The van der Waals surface area contributed by atoms with Gasteiger partial charge in [0.15, 0.2) is 0 Å². The third kappa shape index (κ3) is 1.13. The second-order valence-corrected chi connectivity index (χ2v) is 3.33. The van der Waals surface area contributed by atoms with Crippen molar-refractivity contribution < 1.29 is 4.42 Å². The van der Waals surface area contributed by atoms with Gasteiger partial charge in [0.05, 0.1) is 11.2 Å². The molecule has 0 radical (unpaired) electrons. The standard InChI is InChI=1S/C10H10N4O/c11-3-1-7-9-8(2-4-12-7)14-5-6-15-10(14)13-9/h2,4-6H,1,3,11H2. The van der Waals surface area contributed by atoms with Crippen LogP contribution in [-0.2, 0) is 6.42 Å². The summed E-state index contributed by atoms with van der Waals surface area (Å²) in [5.41, 5.74) is 8.34. The first-order valence-corrected chi connectivity index (χ1v) is 4.79. The van der Waals surface area contributed by atoms with E-state index in [1.54, 1.807) is 12.5 Å².